The number of halogens is 3. The third-order valence-corrected chi connectivity index (χ3v) is 6.05. The second-order valence-electron chi connectivity index (χ2n) is 8.02. The minimum atomic E-state index is -5.08. The van der Waals surface area contributed by atoms with Crippen LogP contribution in [0, 0.1) is 11.3 Å². The molecule has 176 valence electrons. The second kappa shape index (κ2) is 12.4. The lowest BCUT2D eigenvalue weighted by Gasteiger charge is -2.49. The first-order chi connectivity index (χ1) is 14.8. The summed E-state index contributed by atoms with van der Waals surface area (Å²) in [5, 5.41) is 7.12. The Bertz CT molecular complexity index is 646. The number of carbonyl (C=O) groups is 1. The molecule has 9 heteroatoms. The molecule has 3 rings (SSSR count). The smallest absolute Gasteiger partial charge is 0.475 e. The first-order valence-electron chi connectivity index (χ1n) is 10.5. The van der Waals surface area contributed by atoms with Gasteiger partial charge in [-0.3, -0.25) is 0 Å². The molecule has 0 aromatic heterocycles. The fraction of sp³-hybridized carbons (Fsp3) is 0.682. The van der Waals surface area contributed by atoms with Crippen molar-refractivity contribution in [1.29, 1.82) is 0 Å². The largest absolute Gasteiger partial charge is 0.490 e. The first kappa shape index (κ1) is 25.6. The fourth-order valence-corrected chi connectivity index (χ4v) is 4.15. The van der Waals surface area contributed by atoms with Crippen molar-refractivity contribution in [2.75, 3.05) is 53.2 Å². The van der Waals surface area contributed by atoms with Gasteiger partial charge in [0.2, 0.25) is 0 Å². The molecule has 1 N–H and O–H groups in total. The third-order valence-electron chi connectivity index (χ3n) is 6.05. The summed E-state index contributed by atoms with van der Waals surface area (Å²) >= 11 is 0. The lowest BCUT2D eigenvalue weighted by Crippen LogP contribution is -2.49. The molecule has 2 fully saturated rings. The van der Waals surface area contributed by atoms with E-state index in [-0.39, 0.29) is 0 Å². The van der Waals surface area contributed by atoms with Gasteiger partial charge in [0, 0.05) is 26.2 Å². The van der Waals surface area contributed by atoms with Crippen LogP contribution in [0.3, 0.4) is 0 Å². The number of methoxy groups -OCH3 is 1. The fourth-order valence-electron chi connectivity index (χ4n) is 4.15. The van der Waals surface area contributed by atoms with Crippen molar-refractivity contribution < 1.29 is 37.3 Å². The van der Waals surface area contributed by atoms with Gasteiger partial charge >= 0.3 is 12.1 Å². The zero-order valence-electron chi connectivity index (χ0n) is 17.9. The van der Waals surface area contributed by atoms with Crippen molar-refractivity contribution in [3.05, 3.63) is 35.9 Å². The molecule has 0 aliphatic carbocycles. The van der Waals surface area contributed by atoms with E-state index in [1.165, 1.54) is 37.9 Å². The molecule has 1 aromatic carbocycles. The molecule has 1 spiro atoms. The molecule has 1 unspecified atom stereocenters. The van der Waals surface area contributed by atoms with E-state index in [1.54, 1.807) is 0 Å². The van der Waals surface area contributed by atoms with E-state index in [9.17, 15) is 13.2 Å². The molecule has 0 saturated carbocycles. The van der Waals surface area contributed by atoms with Crippen LogP contribution in [-0.2, 0) is 25.6 Å². The highest BCUT2D eigenvalue weighted by molar-refractivity contribution is 5.73. The highest BCUT2D eigenvalue weighted by Crippen LogP contribution is 2.44. The van der Waals surface area contributed by atoms with Gasteiger partial charge < -0.3 is 24.2 Å². The van der Waals surface area contributed by atoms with Gasteiger partial charge in [-0.1, -0.05) is 30.3 Å². The monoisotopic (exact) mass is 447 g/mol. The summed E-state index contributed by atoms with van der Waals surface area (Å²) in [4.78, 5) is 11.4. The number of nitrogens with zero attached hydrogens (tertiary/aromatic N) is 1. The second-order valence-corrected chi connectivity index (χ2v) is 8.02. The molecule has 2 heterocycles. The predicted molar refractivity (Wildman–Crippen MR) is 109 cm³/mol. The molecule has 2 aliphatic rings. The van der Waals surface area contributed by atoms with Gasteiger partial charge in [0.05, 0.1) is 26.4 Å². The molecular weight excluding hydrogens is 415 g/mol. The Morgan fingerprint density at radius 2 is 1.87 bits per heavy atom. The molecule has 1 atom stereocenters. The van der Waals surface area contributed by atoms with E-state index < -0.39 is 12.1 Å². The van der Waals surface area contributed by atoms with Crippen LogP contribution in [0.4, 0.5) is 13.2 Å². The number of alkyl halides is 3. The molecule has 2 aliphatic heterocycles. The molecule has 1 aromatic rings. The molecule has 2 saturated heterocycles. The van der Waals surface area contributed by atoms with Crippen molar-refractivity contribution in [2.24, 2.45) is 11.3 Å². The number of aliphatic carboxylic acids is 1. The van der Waals surface area contributed by atoms with Gasteiger partial charge in [-0.15, -0.1) is 0 Å². The van der Waals surface area contributed by atoms with Gasteiger partial charge in [-0.25, -0.2) is 4.79 Å². The van der Waals surface area contributed by atoms with E-state index in [0.29, 0.717) is 17.9 Å². The topological polar surface area (TPSA) is 68.2 Å². The molecule has 6 nitrogen and oxygen atoms in total. The zero-order valence-corrected chi connectivity index (χ0v) is 17.9. The Hall–Kier alpha value is -1.68. The Morgan fingerprint density at radius 3 is 2.45 bits per heavy atom. The van der Waals surface area contributed by atoms with Gasteiger partial charge in [0.15, 0.2) is 0 Å². The number of carboxylic acids is 1. The number of ether oxygens (including phenoxy) is 3. The van der Waals surface area contributed by atoms with Crippen LogP contribution < -0.4 is 0 Å². The first-order valence-corrected chi connectivity index (χ1v) is 10.5. The Balaban J connectivity index is 0.000000423. The van der Waals surface area contributed by atoms with E-state index in [1.807, 2.05) is 13.2 Å². The third kappa shape index (κ3) is 8.40. The van der Waals surface area contributed by atoms with Crippen LogP contribution in [0.2, 0.25) is 0 Å². The molecule has 0 bridgehead atoms. The van der Waals surface area contributed by atoms with Crippen LogP contribution in [-0.4, -0.2) is 75.3 Å². The maximum Gasteiger partial charge on any atom is 0.490 e. The molecule has 0 radical (unpaired) electrons. The van der Waals surface area contributed by atoms with Crippen LogP contribution in [0.1, 0.15) is 24.8 Å². The average Bonchev–Trinajstić information content (AvgIpc) is 2.75. The average molecular weight is 447 g/mol. The number of piperidine rings is 1. The number of carboxylic acid groups (broad SMARTS) is 1. The Labute approximate surface area is 181 Å². The molecular formula is C22H32F3NO5. The lowest BCUT2D eigenvalue weighted by atomic mass is 9.66. The van der Waals surface area contributed by atoms with Gasteiger partial charge in [-0.2, -0.15) is 13.2 Å². The summed E-state index contributed by atoms with van der Waals surface area (Å²) < 4.78 is 48.7. The number of likely N-dealkylation sites (tertiary alicyclic amines) is 1. The standard InChI is InChI=1S/C20H31NO3.C2HF3O2/c1-22-16-19-17-23-13-9-20(19)7-10-21(11-8-20)12-14-24-15-18-5-3-2-4-6-18;3-2(4,5)1(6)7/h2-6,19H,7-17H2,1H3;(H,6,7). The van der Waals surface area contributed by atoms with Gasteiger partial charge in [0.1, 0.15) is 0 Å². The Morgan fingerprint density at radius 1 is 1.23 bits per heavy atom. The zero-order chi connectivity index (χ0) is 22.7. The van der Waals surface area contributed by atoms with E-state index >= 15 is 0 Å². The summed E-state index contributed by atoms with van der Waals surface area (Å²) in [6.45, 7) is 7.53. The highest BCUT2D eigenvalue weighted by atomic mass is 19.4. The van der Waals surface area contributed by atoms with E-state index in [2.05, 4.69) is 29.2 Å². The van der Waals surface area contributed by atoms with Crippen molar-refractivity contribution in [2.45, 2.75) is 32.0 Å². The summed E-state index contributed by atoms with van der Waals surface area (Å²) in [6, 6.07) is 10.4. The van der Waals surface area contributed by atoms with Crippen LogP contribution in [0.5, 0.6) is 0 Å². The summed E-state index contributed by atoms with van der Waals surface area (Å²) in [5.74, 6) is -2.19. The quantitative estimate of drug-likeness (QED) is 0.645. The Kier molecular flexibility index (Phi) is 10.2. The van der Waals surface area contributed by atoms with Crippen molar-refractivity contribution in [1.82, 2.24) is 4.90 Å². The van der Waals surface area contributed by atoms with E-state index in [4.69, 9.17) is 24.1 Å². The number of hydrogen-bond acceptors (Lipinski definition) is 5. The van der Waals surface area contributed by atoms with Crippen LogP contribution in [0.15, 0.2) is 30.3 Å². The van der Waals surface area contributed by atoms with E-state index in [0.717, 1.165) is 33.0 Å². The SMILES string of the molecule is COCC1COCCC12CCN(CCOCc1ccccc1)CC2.O=C(O)C(F)(F)F. The predicted octanol–water partition coefficient (Wildman–Crippen LogP) is 3.60. The van der Waals surface area contributed by atoms with Crippen molar-refractivity contribution in [3.8, 4) is 0 Å². The maximum atomic E-state index is 10.6. The molecule has 0 amide bonds. The number of hydrogen-bond donors (Lipinski definition) is 1. The lowest BCUT2D eigenvalue weighted by molar-refractivity contribution is -0.192. The molecule has 31 heavy (non-hydrogen) atoms. The van der Waals surface area contributed by atoms with Crippen LogP contribution in [0.25, 0.3) is 0 Å². The highest BCUT2D eigenvalue weighted by Gasteiger charge is 2.43. The van der Waals surface area contributed by atoms with Gasteiger partial charge in [-0.05, 0) is 43.3 Å². The summed E-state index contributed by atoms with van der Waals surface area (Å²) in [5.41, 5.74) is 1.69. The summed E-state index contributed by atoms with van der Waals surface area (Å²) in [6.07, 6.45) is -1.36. The number of benzene rings is 1. The number of rotatable bonds is 7. The minimum Gasteiger partial charge on any atom is -0.475 e. The van der Waals surface area contributed by atoms with Crippen LogP contribution >= 0.6 is 0 Å². The van der Waals surface area contributed by atoms with Crippen molar-refractivity contribution >= 4 is 5.97 Å². The maximum absolute atomic E-state index is 10.6. The normalized spacial score (nSPS) is 21.4. The van der Waals surface area contributed by atoms with Gasteiger partial charge in [0.25, 0.3) is 0 Å². The minimum absolute atomic E-state index is 0.440. The van der Waals surface area contributed by atoms with Crippen molar-refractivity contribution in [3.63, 3.8) is 0 Å². The summed E-state index contributed by atoms with van der Waals surface area (Å²) in [7, 11) is 1.81.